The molecule has 1 atom stereocenters. The molecule has 2 N–H and O–H groups in total. The standard InChI is InChI=1S/C13H20ClN3O/c1-2-18-11-4-3-5-17(9-11)13-6-10(7-15)12(14)8-16-13/h6,8,11H,2-5,7,9,15H2,1H3. The van der Waals surface area contributed by atoms with Gasteiger partial charge in [-0.1, -0.05) is 11.6 Å². The van der Waals surface area contributed by atoms with Crippen molar-refractivity contribution in [3.8, 4) is 0 Å². The summed E-state index contributed by atoms with van der Waals surface area (Å²) in [6.07, 6.45) is 4.25. The van der Waals surface area contributed by atoms with Crippen LogP contribution in [0.15, 0.2) is 12.3 Å². The SMILES string of the molecule is CCOC1CCCN(c2cc(CN)c(Cl)cn2)C1. The third-order valence-electron chi connectivity index (χ3n) is 3.24. The number of hydrogen-bond acceptors (Lipinski definition) is 4. The predicted octanol–water partition coefficient (Wildman–Crippen LogP) is 2.20. The van der Waals surface area contributed by atoms with E-state index in [9.17, 15) is 0 Å². The van der Waals surface area contributed by atoms with Gasteiger partial charge in [-0.15, -0.1) is 0 Å². The van der Waals surface area contributed by atoms with E-state index in [4.69, 9.17) is 22.1 Å². The first-order valence-corrected chi connectivity index (χ1v) is 6.83. The van der Waals surface area contributed by atoms with E-state index >= 15 is 0 Å². The first kappa shape index (κ1) is 13.6. The van der Waals surface area contributed by atoms with Gasteiger partial charge in [-0.2, -0.15) is 0 Å². The number of nitrogens with two attached hydrogens (primary N) is 1. The van der Waals surface area contributed by atoms with E-state index in [0.717, 1.165) is 43.9 Å². The Morgan fingerprint density at radius 3 is 3.17 bits per heavy atom. The van der Waals surface area contributed by atoms with E-state index in [-0.39, 0.29) is 0 Å². The molecule has 0 aromatic carbocycles. The number of piperidine rings is 1. The molecular formula is C13H20ClN3O. The van der Waals surface area contributed by atoms with Gasteiger partial charge in [0.2, 0.25) is 0 Å². The molecule has 0 aliphatic carbocycles. The molecule has 1 aliphatic heterocycles. The van der Waals surface area contributed by atoms with Gasteiger partial charge in [0.15, 0.2) is 0 Å². The van der Waals surface area contributed by atoms with Crippen molar-refractivity contribution in [1.29, 1.82) is 0 Å². The maximum Gasteiger partial charge on any atom is 0.128 e. The van der Waals surface area contributed by atoms with Gasteiger partial charge in [-0.3, -0.25) is 0 Å². The predicted molar refractivity (Wildman–Crippen MR) is 74.0 cm³/mol. The topological polar surface area (TPSA) is 51.4 Å². The minimum atomic E-state index is 0.308. The van der Waals surface area contributed by atoms with Crippen molar-refractivity contribution in [2.24, 2.45) is 5.73 Å². The highest BCUT2D eigenvalue weighted by atomic mass is 35.5. The maximum atomic E-state index is 6.03. The maximum absolute atomic E-state index is 6.03. The number of ether oxygens (including phenoxy) is 1. The second-order valence-corrected chi connectivity index (χ2v) is 4.91. The van der Waals surface area contributed by atoms with Crippen molar-refractivity contribution in [3.05, 3.63) is 22.8 Å². The molecule has 2 heterocycles. The number of aromatic nitrogens is 1. The summed E-state index contributed by atoms with van der Waals surface area (Å²) in [5.41, 5.74) is 6.61. The van der Waals surface area contributed by atoms with Crippen LogP contribution in [0.25, 0.3) is 0 Å². The molecule has 1 aliphatic rings. The normalized spacial score (nSPS) is 20.2. The van der Waals surface area contributed by atoms with E-state index in [1.807, 2.05) is 13.0 Å². The molecule has 2 rings (SSSR count). The lowest BCUT2D eigenvalue weighted by atomic mass is 10.1. The van der Waals surface area contributed by atoms with E-state index < -0.39 is 0 Å². The summed E-state index contributed by atoms with van der Waals surface area (Å²) >= 11 is 6.03. The molecular weight excluding hydrogens is 250 g/mol. The summed E-state index contributed by atoms with van der Waals surface area (Å²) < 4.78 is 5.69. The van der Waals surface area contributed by atoms with E-state index in [1.165, 1.54) is 0 Å². The van der Waals surface area contributed by atoms with Crippen LogP contribution in [0.2, 0.25) is 5.02 Å². The van der Waals surface area contributed by atoms with Crippen LogP contribution in [0, 0.1) is 0 Å². The zero-order valence-electron chi connectivity index (χ0n) is 10.7. The third kappa shape index (κ3) is 3.13. The molecule has 0 bridgehead atoms. The van der Waals surface area contributed by atoms with Crippen molar-refractivity contribution >= 4 is 17.4 Å². The average Bonchev–Trinajstić information content (AvgIpc) is 2.40. The molecule has 0 amide bonds. The smallest absolute Gasteiger partial charge is 0.128 e. The lowest BCUT2D eigenvalue weighted by Gasteiger charge is -2.33. The average molecular weight is 270 g/mol. The van der Waals surface area contributed by atoms with Crippen LogP contribution in [-0.2, 0) is 11.3 Å². The van der Waals surface area contributed by atoms with E-state index in [1.54, 1.807) is 6.20 Å². The Bertz CT molecular complexity index is 398. The number of anilines is 1. The third-order valence-corrected chi connectivity index (χ3v) is 3.59. The van der Waals surface area contributed by atoms with Crippen molar-refractivity contribution in [2.45, 2.75) is 32.4 Å². The van der Waals surface area contributed by atoms with Gasteiger partial charge < -0.3 is 15.4 Å². The van der Waals surface area contributed by atoms with Crippen LogP contribution < -0.4 is 10.6 Å². The Kier molecular flexibility index (Phi) is 4.80. The molecule has 5 heteroatoms. The Labute approximate surface area is 113 Å². The van der Waals surface area contributed by atoms with E-state index in [2.05, 4.69) is 9.88 Å². The van der Waals surface area contributed by atoms with Crippen LogP contribution in [0.1, 0.15) is 25.3 Å². The molecule has 0 saturated carbocycles. The minimum Gasteiger partial charge on any atom is -0.377 e. The van der Waals surface area contributed by atoms with Gasteiger partial charge in [0.05, 0.1) is 11.1 Å². The summed E-state index contributed by atoms with van der Waals surface area (Å²) in [5, 5.41) is 0.639. The molecule has 100 valence electrons. The van der Waals surface area contributed by atoms with Crippen molar-refractivity contribution < 1.29 is 4.74 Å². The fourth-order valence-corrected chi connectivity index (χ4v) is 2.50. The first-order chi connectivity index (χ1) is 8.74. The van der Waals surface area contributed by atoms with Gasteiger partial charge >= 0.3 is 0 Å². The molecule has 0 spiro atoms. The van der Waals surface area contributed by atoms with Gasteiger partial charge in [-0.05, 0) is 31.4 Å². The summed E-state index contributed by atoms with van der Waals surface area (Å²) in [6.45, 7) is 5.15. The Morgan fingerprint density at radius 1 is 1.61 bits per heavy atom. The zero-order chi connectivity index (χ0) is 13.0. The zero-order valence-corrected chi connectivity index (χ0v) is 11.5. The van der Waals surface area contributed by atoms with Gasteiger partial charge in [0.25, 0.3) is 0 Å². The molecule has 4 nitrogen and oxygen atoms in total. The van der Waals surface area contributed by atoms with Crippen LogP contribution in [-0.4, -0.2) is 30.8 Å². The van der Waals surface area contributed by atoms with Crippen molar-refractivity contribution in [2.75, 3.05) is 24.6 Å². The van der Waals surface area contributed by atoms with Crippen LogP contribution in [0.4, 0.5) is 5.82 Å². The highest BCUT2D eigenvalue weighted by Gasteiger charge is 2.21. The lowest BCUT2D eigenvalue weighted by molar-refractivity contribution is 0.0525. The second-order valence-electron chi connectivity index (χ2n) is 4.50. The number of rotatable bonds is 4. The molecule has 1 aromatic rings. The summed E-state index contributed by atoms with van der Waals surface area (Å²) in [4.78, 5) is 6.64. The van der Waals surface area contributed by atoms with Crippen molar-refractivity contribution in [1.82, 2.24) is 4.98 Å². The fourth-order valence-electron chi connectivity index (χ4n) is 2.32. The molecule has 18 heavy (non-hydrogen) atoms. The Balaban J connectivity index is 2.10. The molecule has 1 saturated heterocycles. The lowest BCUT2D eigenvalue weighted by Crippen LogP contribution is -2.40. The first-order valence-electron chi connectivity index (χ1n) is 6.45. The molecule has 1 aromatic heterocycles. The quantitative estimate of drug-likeness (QED) is 0.910. The minimum absolute atomic E-state index is 0.308. The highest BCUT2D eigenvalue weighted by Crippen LogP contribution is 2.23. The number of pyridine rings is 1. The van der Waals surface area contributed by atoms with Gasteiger partial charge in [0, 0.05) is 32.4 Å². The van der Waals surface area contributed by atoms with Crippen molar-refractivity contribution in [3.63, 3.8) is 0 Å². The van der Waals surface area contributed by atoms with Crippen LogP contribution >= 0.6 is 11.6 Å². The number of hydrogen-bond donors (Lipinski definition) is 1. The molecule has 1 unspecified atom stereocenters. The largest absolute Gasteiger partial charge is 0.377 e. The molecule has 1 fully saturated rings. The summed E-state index contributed by atoms with van der Waals surface area (Å²) in [6, 6.07) is 1.98. The Hall–Kier alpha value is -0.840. The fraction of sp³-hybridized carbons (Fsp3) is 0.615. The summed E-state index contributed by atoms with van der Waals surface area (Å²) in [7, 11) is 0. The highest BCUT2D eigenvalue weighted by molar-refractivity contribution is 6.31. The number of halogens is 1. The van der Waals surface area contributed by atoms with Crippen LogP contribution in [0.5, 0.6) is 0 Å². The second kappa shape index (κ2) is 6.36. The number of nitrogens with zero attached hydrogens (tertiary/aromatic N) is 2. The Morgan fingerprint density at radius 2 is 2.44 bits per heavy atom. The van der Waals surface area contributed by atoms with E-state index in [0.29, 0.717) is 17.7 Å². The van der Waals surface area contributed by atoms with Crippen LogP contribution in [0.3, 0.4) is 0 Å². The molecule has 0 radical (unpaired) electrons. The summed E-state index contributed by atoms with van der Waals surface area (Å²) in [5.74, 6) is 0.948. The monoisotopic (exact) mass is 269 g/mol. The van der Waals surface area contributed by atoms with Gasteiger partial charge in [0.1, 0.15) is 5.82 Å². The van der Waals surface area contributed by atoms with Gasteiger partial charge in [-0.25, -0.2) is 4.98 Å².